The van der Waals surface area contributed by atoms with Crippen LogP contribution >= 0.6 is 11.6 Å². The monoisotopic (exact) mass is 733 g/mol. The first kappa shape index (κ1) is 38.8. The van der Waals surface area contributed by atoms with Gasteiger partial charge in [-0.1, -0.05) is 11.6 Å². The molecule has 1 heterocycles. The Morgan fingerprint density at radius 3 is 2.24 bits per heavy atom. The van der Waals surface area contributed by atoms with E-state index in [-0.39, 0.29) is 40.6 Å². The van der Waals surface area contributed by atoms with Crippen LogP contribution in [0.15, 0.2) is 54.6 Å². The number of carbonyl (C=O) groups excluding carboxylic acids is 2. The normalized spacial score (nSPS) is 14.8. The lowest BCUT2D eigenvalue weighted by molar-refractivity contribution is -0.385. The molecule has 0 aliphatic carbocycles. The number of carbonyl (C=O) groups is 2. The Kier molecular flexibility index (Phi) is 12.5. The number of nitrogens with zero attached hydrogens (tertiary/aromatic N) is 1. The highest BCUT2D eigenvalue weighted by Crippen LogP contribution is 2.45. The molecule has 0 aromatic heterocycles. The van der Waals surface area contributed by atoms with E-state index in [9.17, 15) is 41.3 Å². The minimum atomic E-state index is -4.61. The Hall–Kier alpha value is -4.61. The van der Waals surface area contributed by atoms with Gasteiger partial charge in [-0.25, -0.2) is 9.59 Å². The van der Waals surface area contributed by atoms with E-state index in [4.69, 9.17) is 34.7 Å². The minimum absolute atomic E-state index is 0.0493. The Morgan fingerprint density at radius 1 is 1.00 bits per heavy atom. The second-order valence-corrected chi connectivity index (χ2v) is 12.6. The summed E-state index contributed by atoms with van der Waals surface area (Å²) in [5, 5.41) is 10.8. The van der Waals surface area contributed by atoms with Gasteiger partial charge in [-0.3, -0.25) is 10.1 Å². The number of alkyl halides is 3. The highest BCUT2D eigenvalue weighted by atomic mass is 35.5. The van der Waals surface area contributed by atoms with Crippen LogP contribution in [0, 0.1) is 10.1 Å². The van der Waals surface area contributed by atoms with Gasteiger partial charge in [-0.2, -0.15) is 21.6 Å². The van der Waals surface area contributed by atoms with Gasteiger partial charge >= 0.3 is 28.2 Å². The predicted molar refractivity (Wildman–Crippen MR) is 168 cm³/mol. The zero-order chi connectivity index (χ0) is 36.7. The summed E-state index contributed by atoms with van der Waals surface area (Å²) in [5.41, 5.74) is -1.64. The fraction of sp³-hybridized carbons (Fsp3) is 0.355. The molecule has 0 fully saturated rings. The van der Waals surface area contributed by atoms with E-state index < -0.39 is 56.6 Å². The highest BCUT2D eigenvalue weighted by molar-refractivity contribution is 7.86. The largest absolute Gasteiger partial charge is 0.464 e. The number of ether oxygens (including phenoxy) is 5. The van der Waals surface area contributed by atoms with Gasteiger partial charge in [-0.05, 0) is 70.2 Å². The number of esters is 2. The van der Waals surface area contributed by atoms with Crippen LogP contribution in [0.5, 0.6) is 23.0 Å². The third-order valence-corrected chi connectivity index (χ3v) is 7.32. The second-order valence-electron chi connectivity index (χ2n) is 10.6. The van der Waals surface area contributed by atoms with Gasteiger partial charge in [-0.15, -0.1) is 0 Å². The van der Waals surface area contributed by atoms with E-state index in [0.717, 1.165) is 42.2 Å². The summed E-state index contributed by atoms with van der Waals surface area (Å²) in [7, 11) is -3.53. The summed E-state index contributed by atoms with van der Waals surface area (Å²) in [5.74, 6) is -1.37. The third kappa shape index (κ3) is 10.4. The topological polar surface area (TPSA) is 167 Å². The van der Waals surface area contributed by atoms with Crippen molar-refractivity contribution in [2.45, 2.75) is 45.6 Å². The number of rotatable bonds is 11. The zero-order valence-electron chi connectivity index (χ0n) is 26.7. The molecule has 266 valence electrons. The Morgan fingerprint density at radius 2 is 1.67 bits per heavy atom. The SMILES string of the molecule is CCOC(=O)COC(=O)c1cc(Oc2ccc(C(F)(F)F)cc2Cl)ccc1[N+](=O)[O-].CCOC1Oc2ccc(OS(C)(=O)=O)cc2C1(C)C. The molecule has 0 spiro atoms. The average Bonchev–Trinajstić information content (AvgIpc) is 3.24. The van der Waals surface area contributed by atoms with Crippen molar-refractivity contribution in [3.8, 4) is 23.0 Å². The molecule has 1 unspecified atom stereocenters. The quantitative estimate of drug-likeness (QED) is 0.0873. The van der Waals surface area contributed by atoms with E-state index in [2.05, 4.69) is 4.74 Å². The third-order valence-electron chi connectivity index (χ3n) is 6.53. The summed E-state index contributed by atoms with van der Waals surface area (Å²) in [6, 6.07) is 10.3. The van der Waals surface area contributed by atoms with Crippen molar-refractivity contribution in [3.63, 3.8) is 0 Å². The first-order valence-corrected chi connectivity index (χ1v) is 16.4. The lowest BCUT2D eigenvalue weighted by Crippen LogP contribution is -2.34. The molecule has 0 bridgehead atoms. The van der Waals surface area contributed by atoms with Crippen LogP contribution < -0.4 is 13.7 Å². The molecule has 0 saturated heterocycles. The van der Waals surface area contributed by atoms with Crippen LogP contribution in [0.25, 0.3) is 0 Å². The molecule has 49 heavy (non-hydrogen) atoms. The molecule has 18 heteroatoms. The summed E-state index contributed by atoms with van der Waals surface area (Å²) in [6.45, 7) is 7.26. The number of fused-ring (bicyclic) bond motifs is 1. The molecule has 1 aliphatic heterocycles. The van der Waals surface area contributed by atoms with Crippen molar-refractivity contribution in [2.24, 2.45) is 0 Å². The molecule has 0 N–H and O–H groups in total. The van der Waals surface area contributed by atoms with Crippen LogP contribution in [0.4, 0.5) is 18.9 Å². The summed E-state index contributed by atoms with van der Waals surface area (Å²) < 4.78 is 91.3. The van der Waals surface area contributed by atoms with Crippen LogP contribution in [0.1, 0.15) is 49.2 Å². The Balaban J connectivity index is 0.000000293. The van der Waals surface area contributed by atoms with Crippen molar-refractivity contribution in [1.82, 2.24) is 0 Å². The molecule has 0 saturated carbocycles. The number of nitro benzene ring substituents is 1. The lowest BCUT2D eigenvalue weighted by atomic mass is 9.85. The molecule has 0 amide bonds. The van der Waals surface area contributed by atoms with Gasteiger partial charge in [0.05, 0.1) is 33.8 Å². The maximum Gasteiger partial charge on any atom is 0.416 e. The molecule has 0 radical (unpaired) electrons. The van der Waals surface area contributed by atoms with Crippen molar-refractivity contribution >= 4 is 39.3 Å². The van der Waals surface area contributed by atoms with Gasteiger partial charge < -0.3 is 27.9 Å². The lowest BCUT2D eigenvalue weighted by Gasteiger charge is -2.25. The highest BCUT2D eigenvalue weighted by Gasteiger charge is 2.42. The molecule has 3 aromatic rings. The zero-order valence-corrected chi connectivity index (χ0v) is 28.2. The van der Waals surface area contributed by atoms with Gasteiger partial charge in [0, 0.05) is 24.3 Å². The second kappa shape index (κ2) is 15.7. The van der Waals surface area contributed by atoms with Gasteiger partial charge in [0.15, 0.2) is 6.61 Å². The fourth-order valence-electron chi connectivity index (χ4n) is 4.32. The number of nitro groups is 1. The number of halogens is 4. The van der Waals surface area contributed by atoms with Crippen molar-refractivity contribution in [3.05, 3.63) is 86.4 Å². The van der Waals surface area contributed by atoms with Gasteiger partial charge in [0.2, 0.25) is 6.29 Å². The summed E-state index contributed by atoms with van der Waals surface area (Å²) in [4.78, 5) is 33.8. The summed E-state index contributed by atoms with van der Waals surface area (Å²) in [6.07, 6.45) is -3.96. The van der Waals surface area contributed by atoms with Crippen molar-refractivity contribution < 1.29 is 64.0 Å². The minimum Gasteiger partial charge on any atom is -0.464 e. The van der Waals surface area contributed by atoms with Crippen molar-refractivity contribution in [2.75, 3.05) is 26.1 Å². The van der Waals surface area contributed by atoms with Crippen molar-refractivity contribution in [1.29, 1.82) is 0 Å². The molecule has 4 rings (SSSR count). The molecule has 13 nitrogen and oxygen atoms in total. The number of hydrogen-bond acceptors (Lipinski definition) is 12. The smallest absolute Gasteiger partial charge is 0.416 e. The summed E-state index contributed by atoms with van der Waals surface area (Å²) >= 11 is 5.81. The maximum atomic E-state index is 12.7. The maximum absolute atomic E-state index is 12.7. The Bertz CT molecular complexity index is 1820. The van der Waals surface area contributed by atoms with Crippen LogP contribution in [0.2, 0.25) is 5.02 Å². The average molecular weight is 734 g/mol. The van der Waals surface area contributed by atoms with E-state index in [1.165, 1.54) is 6.92 Å². The van der Waals surface area contributed by atoms with Gasteiger partial charge in [0.1, 0.15) is 28.6 Å². The number of hydrogen-bond donors (Lipinski definition) is 0. The fourth-order valence-corrected chi connectivity index (χ4v) is 4.99. The van der Waals surface area contributed by atoms with E-state index in [0.29, 0.717) is 18.4 Å². The number of benzene rings is 3. The Labute approximate surface area is 284 Å². The van der Waals surface area contributed by atoms with E-state index in [1.807, 2.05) is 20.8 Å². The first-order valence-electron chi connectivity index (χ1n) is 14.2. The van der Waals surface area contributed by atoms with Crippen LogP contribution in [-0.4, -0.2) is 57.6 Å². The van der Waals surface area contributed by atoms with Crippen LogP contribution in [-0.2, 0) is 40.7 Å². The van der Waals surface area contributed by atoms with E-state index in [1.54, 1.807) is 18.2 Å². The molecule has 3 aromatic carbocycles. The standard InChI is InChI=1S/C18H13ClF3NO7.C13H18O5S/c1-2-28-16(24)9-29-17(25)12-8-11(4-5-14(12)23(26)27)30-15-6-3-10(7-13(15)19)18(20,21)22;1-5-16-12-13(2,3)10-8-9(18-19(4,14)15)6-7-11(10)17-12/h3-8H,2,9H2,1H3;6-8,12H,5H2,1-4H3. The van der Waals surface area contributed by atoms with Crippen LogP contribution in [0.3, 0.4) is 0 Å². The molecular formula is C31H31ClF3NO12S. The first-order chi connectivity index (χ1) is 22.8. The molecule has 1 atom stereocenters. The van der Waals surface area contributed by atoms with E-state index >= 15 is 0 Å². The molecule has 1 aliphatic rings. The molecular weight excluding hydrogens is 703 g/mol. The van der Waals surface area contributed by atoms with Gasteiger partial charge in [0.25, 0.3) is 5.69 Å². The predicted octanol–water partition coefficient (Wildman–Crippen LogP) is 6.84.